The highest BCUT2D eigenvalue weighted by Gasteiger charge is 2.43. The highest BCUT2D eigenvalue weighted by molar-refractivity contribution is 5.95. The van der Waals surface area contributed by atoms with Crippen molar-refractivity contribution in [2.45, 2.75) is 221 Å². The number of hydrogen-bond donors (Lipinski definition) is 4. The normalized spacial score (nSPS) is 18.3. The van der Waals surface area contributed by atoms with E-state index >= 15 is 0 Å². The maximum absolute atomic E-state index is 13.4. The number of aromatic carboxylic acids is 1. The molecule has 4 amide bonds. The summed E-state index contributed by atoms with van der Waals surface area (Å²) in [5.41, 5.74) is 15.7. The Morgan fingerprint density at radius 1 is 0.378 bits per heavy atom. The number of nitrogens with one attached hydrogen (secondary N) is 1. The van der Waals surface area contributed by atoms with Crippen LogP contribution in [0, 0.1) is 35.5 Å². The van der Waals surface area contributed by atoms with Crippen molar-refractivity contribution >= 4 is 29.8 Å². The van der Waals surface area contributed by atoms with Gasteiger partial charge in [0.05, 0.1) is 17.8 Å². The van der Waals surface area contributed by atoms with Gasteiger partial charge in [-0.1, -0.05) is 230 Å². The van der Waals surface area contributed by atoms with E-state index in [-0.39, 0.29) is 76.3 Å². The molecule has 0 radical (unpaired) electrons. The van der Waals surface area contributed by atoms with E-state index in [2.05, 4.69) is 106 Å². The monoisotopic (exact) mass is 1820 g/mol. The molecule has 4 aromatic heterocycles. The number of likely N-dealkylation sites (tertiary alicyclic amines) is 1. The molecule has 712 valence electrons. The van der Waals surface area contributed by atoms with Gasteiger partial charge in [-0.25, -0.2) is 9.59 Å². The smallest absolute Gasteiger partial charge is 0.410 e. The van der Waals surface area contributed by atoms with Crippen LogP contribution in [0.3, 0.4) is 0 Å². The zero-order chi connectivity index (χ0) is 93.3. The SMILES string of the molecule is C.C.C.CN(Cc1cccnc1)C(=O)c1ccc(C[C@@H]2CC[C@H]([C@H](O)c3ccccc3)C2)cc1.CN(Cc1cccnc1)C(=O)c1ccc(C[C@@H]2CC[C@H]([C@H](O)c3ccccc3)C2)cc1.CNCc1cccnc1.C[C@H](c1ccccc1)[C@H]1CCC(Cc2ccc(C(=O)O)cc2)C1.C[C@H](c1ccccc1)[C@H]1CC[C@@H](Cc2ccc(C(=O)N(C)Cc3cccnc3)cc2)N1C(=O)OC(C)(C)C. The third-order valence-corrected chi connectivity index (χ3v) is 26.4. The fourth-order valence-electron chi connectivity index (χ4n) is 19.3. The molecule has 12 atom stereocenters. The number of hydrogen-bond acceptors (Lipinski definition) is 13. The molecule has 16 rings (SSSR count). The van der Waals surface area contributed by atoms with Crippen LogP contribution in [0.15, 0.2) is 316 Å². The lowest BCUT2D eigenvalue weighted by molar-refractivity contribution is 0.0126. The van der Waals surface area contributed by atoms with Crippen LogP contribution < -0.4 is 5.32 Å². The van der Waals surface area contributed by atoms with Crippen molar-refractivity contribution in [1.82, 2.24) is 44.9 Å². The lowest BCUT2D eigenvalue weighted by Gasteiger charge is -2.35. The largest absolute Gasteiger partial charge is 0.478 e. The molecule has 0 spiro atoms. The number of carboxylic acids is 1. The summed E-state index contributed by atoms with van der Waals surface area (Å²) in [4.78, 5) is 86.2. The zero-order valence-electron chi connectivity index (χ0n) is 78.3. The van der Waals surface area contributed by atoms with Gasteiger partial charge in [-0.3, -0.25) is 34.3 Å². The molecule has 5 heterocycles. The molecule has 135 heavy (non-hydrogen) atoms. The number of ether oxygens (including phenoxy) is 1. The number of carbonyl (C=O) groups is 5. The van der Waals surface area contributed by atoms with E-state index in [1.54, 1.807) is 77.3 Å². The molecule has 4 N–H and O–H groups in total. The second-order valence-electron chi connectivity index (χ2n) is 37.5. The summed E-state index contributed by atoms with van der Waals surface area (Å²) in [6.07, 6.45) is 29.2. The number of amides is 4. The number of aliphatic hydroxyl groups is 2. The molecule has 1 saturated heterocycles. The third-order valence-electron chi connectivity index (χ3n) is 26.4. The second-order valence-corrected chi connectivity index (χ2v) is 37.5. The molecule has 3 saturated carbocycles. The molecule has 4 fully saturated rings. The Labute approximate surface area is 804 Å². The maximum Gasteiger partial charge on any atom is 0.410 e. The van der Waals surface area contributed by atoms with Gasteiger partial charge < -0.3 is 45.0 Å². The molecular formula is C117H145N9O9. The van der Waals surface area contributed by atoms with Gasteiger partial charge in [0.2, 0.25) is 0 Å². The van der Waals surface area contributed by atoms with E-state index in [9.17, 15) is 34.2 Å². The predicted molar refractivity (Wildman–Crippen MR) is 545 cm³/mol. The minimum atomic E-state index is -0.853. The summed E-state index contributed by atoms with van der Waals surface area (Å²) < 4.78 is 5.86. The van der Waals surface area contributed by atoms with E-state index in [4.69, 9.17) is 9.84 Å². The van der Waals surface area contributed by atoms with E-state index < -0.39 is 11.6 Å². The fourth-order valence-corrected chi connectivity index (χ4v) is 19.3. The van der Waals surface area contributed by atoms with Crippen LogP contribution in [-0.2, 0) is 56.6 Å². The van der Waals surface area contributed by atoms with Gasteiger partial charge in [-0.2, -0.15) is 0 Å². The van der Waals surface area contributed by atoms with Crippen molar-refractivity contribution < 1.29 is 44.0 Å². The summed E-state index contributed by atoms with van der Waals surface area (Å²) in [5.74, 6) is 3.27. The molecule has 18 heteroatoms. The molecule has 0 bridgehead atoms. The Morgan fingerprint density at radius 3 is 1.01 bits per heavy atom. The lowest BCUT2D eigenvalue weighted by Crippen LogP contribution is -2.46. The van der Waals surface area contributed by atoms with Crippen molar-refractivity contribution in [2.75, 3.05) is 28.2 Å². The number of aromatic nitrogens is 4. The summed E-state index contributed by atoms with van der Waals surface area (Å²) in [7, 11) is 7.36. The minimum Gasteiger partial charge on any atom is -0.478 e. The van der Waals surface area contributed by atoms with Crippen molar-refractivity contribution in [3.8, 4) is 0 Å². The van der Waals surface area contributed by atoms with E-state index in [1.165, 1.54) is 52.6 Å². The number of rotatable bonds is 28. The number of aliphatic hydroxyl groups excluding tert-OH is 2. The van der Waals surface area contributed by atoms with Crippen LogP contribution in [-0.4, -0.2) is 131 Å². The Bertz CT molecular complexity index is 5300. The van der Waals surface area contributed by atoms with Gasteiger partial charge in [0.25, 0.3) is 17.7 Å². The first-order chi connectivity index (χ1) is 63.9. The van der Waals surface area contributed by atoms with Crippen LogP contribution in [0.1, 0.15) is 260 Å². The van der Waals surface area contributed by atoms with E-state index in [0.29, 0.717) is 71.5 Å². The number of carbonyl (C=O) groups excluding carboxylic acids is 4. The third kappa shape index (κ3) is 32.3. The summed E-state index contributed by atoms with van der Waals surface area (Å²) in [6.45, 7) is 12.8. The summed E-state index contributed by atoms with van der Waals surface area (Å²) in [6, 6.07) is 88.0. The minimum absolute atomic E-state index is 0. The number of nitrogens with zero attached hydrogens (tertiary/aromatic N) is 8. The first kappa shape index (κ1) is 106. The van der Waals surface area contributed by atoms with Gasteiger partial charge in [-0.15, -0.1) is 0 Å². The van der Waals surface area contributed by atoms with Gasteiger partial charge in [0.15, 0.2) is 0 Å². The Hall–Kier alpha value is -12.6. The highest BCUT2D eigenvalue weighted by Crippen LogP contribution is 2.45. The van der Waals surface area contributed by atoms with Crippen molar-refractivity contribution in [2.24, 2.45) is 35.5 Å². The summed E-state index contributed by atoms with van der Waals surface area (Å²) in [5, 5.41) is 33.4. The topological polar surface area (TPSA) is 232 Å². The van der Waals surface area contributed by atoms with Crippen LogP contribution in [0.25, 0.3) is 0 Å². The fraction of sp³-hybridized carbons (Fsp3) is 0.376. The quantitative estimate of drug-likeness (QED) is 0.0357. The molecule has 18 nitrogen and oxygen atoms in total. The van der Waals surface area contributed by atoms with Crippen LogP contribution >= 0.6 is 0 Å². The van der Waals surface area contributed by atoms with Crippen molar-refractivity contribution in [1.29, 1.82) is 0 Å². The maximum atomic E-state index is 13.4. The second kappa shape index (κ2) is 53.5. The first-order valence-electron chi connectivity index (χ1n) is 47.0. The number of pyridine rings is 4. The molecule has 4 aliphatic rings. The van der Waals surface area contributed by atoms with Crippen LogP contribution in [0.5, 0.6) is 0 Å². The predicted octanol–water partition coefficient (Wildman–Crippen LogP) is 24.4. The van der Waals surface area contributed by atoms with E-state index in [0.717, 1.165) is 129 Å². The number of carboxylic acid groups (broad SMARTS) is 1. The van der Waals surface area contributed by atoms with Gasteiger partial charge in [0.1, 0.15) is 5.60 Å². The number of benzene rings is 8. The molecule has 12 aromatic rings. The Kier molecular flexibility index (Phi) is 42.0. The van der Waals surface area contributed by atoms with E-state index in [1.807, 2.05) is 241 Å². The van der Waals surface area contributed by atoms with Crippen LogP contribution in [0.4, 0.5) is 4.79 Å². The Morgan fingerprint density at radius 2 is 0.689 bits per heavy atom. The molecule has 1 unspecified atom stereocenters. The van der Waals surface area contributed by atoms with Gasteiger partial charge >= 0.3 is 12.1 Å². The van der Waals surface area contributed by atoms with Crippen molar-refractivity contribution in [3.05, 3.63) is 406 Å². The van der Waals surface area contributed by atoms with Gasteiger partial charge in [0, 0.05) is 132 Å². The lowest BCUT2D eigenvalue weighted by atomic mass is 9.85. The average Bonchev–Trinajstić information content (AvgIpc) is 1.68. The molecule has 8 aromatic carbocycles. The standard InChI is InChI=1S/C32H39N3O3.2C27H30N2O2.C21H24O2.C7H10N2.3CH4/c1-23(26-11-7-6-8-12-26)29-18-17-28(35(29)31(37)38-32(2,3)4)20-24-13-15-27(16-14-24)30(36)34(5)22-25-10-9-19-33-21-25;2*1-29(19-22-6-5-15-28-18-22)27(31)24-12-9-20(10-13-24)16-21-11-14-25(17-21)26(30)23-7-3-2-4-8-23;1-15(18-5-3-2-4-6-18)20-12-9-17(14-20)13-16-7-10-19(11-8-16)21(22)23;1-8-5-7-3-2-4-9-6-7;;;/h6-16,19,21,23,28-29H,17-18,20,22H2,1-5H3;2*2-10,12-13,15,18,21,25-26,30H,11,14,16-17,19H2,1H3;2-8,10-11,15,17,20H,9,12-14H2,1H3,(H,22,23);2-4,6,8H,5H2,1H3;3*1H4/t23-,28+,29-;2*21-,25-,26+;15-,17?,20+;;;;/m1001..../s1. The highest BCUT2D eigenvalue weighted by atomic mass is 16.6. The van der Waals surface area contributed by atoms with Gasteiger partial charge in [-0.05, 0) is 305 Å². The average molecular weight is 1820 g/mol. The first-order valence-corrected chi connectivity index (χ1v) is 47.0. The molecule has 1 aliphatic heterocycles. The molecular weight excluding hydrogens is 1680 g/mol. The van der Waals surface area contributed by atoms with Crippen molar-refractivity contribution in [3.63, 3.8) is 0 Å². The Balaban J connectivity index is 0.000000196. The molecule has 3 aliphatic carbocycles. The van der Waals surface area contributed by atoms with Crippen LogP contribution in [0.2, 0.25) is 0 Å². The summed E-state index contributed by atoms with van der Waals surface area (Å²) >= 11 is 0. The zero-order valence-corrected chi connectivity index (χ0v) is 78.3.